The highest BCUT2D eigenvalue weighted by molar-refractivity contribution is 7.22. The molecule has 1 atom stereocenters. The predicted molar refractivity (Wildman–Crippen MR) is 294 cm³/mol. The van der Waals surface area contributed by atoms with Crippen LogP contribution < -0.4 is 26.2 Å². The minimum absolute atomic E-state index is 0.0789. The van der Waals surface area contributed by atoms with E-state index in [4.69, 9.17) is 15.1 Å². The number of benzene rings is 3. The van der Waals surface area contributed by atoms with Crippen LogP contribution in [0.5, 0.6) is 0 Å². The Kier molecular flexibility index (Phi) is 13.5. The summed E-state index contributed by atoms with van der Waals surface area (Å²) in [5.74, 6) is 1.05. The van der Waals surface area contributed by atoms with Gasteiger partial charge in [0.25, 0.3) is 11.8 Å². The smallest absolute Gasteiger partial charge is 0.270 e. The zero-order valence-corrected chi connectivity index (χ0v) is 44.1. The van der Waals surface area contributed by atoms with Gasteiger partial charge in [0.15, 0.2) is 5.13 Å². The number of carbonyl (C=O) groups is 5. The van der Waals surface area contributed by atoms with Crippen molar-refractivity contribution < 1.29 is 24.0 Å². The van der Waals surface area contributed by atoms with E-state index in [0.717, 1.165) is 118 Å². The summed E-state index contributed by atoms with van der Waals surface area (Å²) in [6.45, 7) is 4.81. The molecule has 4 aliphatic carbocycles. The molecule has 1 saturated heterocycles. The molecule has 4 saturated carbocycles. The zero-order chi connectivity index (χ0) is 52.1. The SMILES string of the molecule is Cc1c(-c2ccc(NC(=O)c3cccc4c3CN(c3nc5ccccc5s3)CC4)nc2C(=O)NCCCCCCCC(=O)Nc2ccc3c(C4CCC(=O)NC4=O)nn(C)c3c2)cnn1CC12CC3CC(CC(C3)C1)C2. The van der Waals surface area contributed by atoms with E-state index in [-0.39, 0.29) is 47.1 Å². The quantitative estimate of drug-likeness (QED) is 0.0503. The molecular formula is C59H65N11O5S. The van der Waals surface area contributed by atoms with Crippen LogP contribution >= 0.6 is 11.3 Å². The summed E-state index contributed by atoms with van der Waals surface area (Å²) in [5, 5.41) is 23.0. The number of para-hydroxylation sites is 1. The maximum absolute atomic E-state index is 14.3. The van der Waals surface area contributed by atoms with Gasteiger partial charge in [-0.15, -0.1) is 0 Å². The number of anilines is 3. The molecule has 4 bridgehead atoms. The number of nitrogens with zero attached hydrogens (tertiary/aromatic N) is 7. The van der Waals surface area contributed by atoms with Gasteiger partial charge in [0.2, 0.25) is 17.7 Å². The molecule has 7 aromatic rings. The number of nitrogens with one attached hydrogen (secondary N) is 4. The number of fused-ring (bicyclic) bond motifs is 3. The Morgan fingerprint density at radius 3 is 2.42 bits per heavy atom. The molecule has 1 unspecified atom stereocenters. The average molecular weight is 1040 g/mol. The zero-order valence-electron chi connectivity index (χ0n) is 43.3. The van der Waals surface area contributed by atoms with Gasteiger partial charge in [-0.25, -0.2) is 9.97 Å². The minimum atomic E-state index is -0.496. The molecule has 76 heavy (non-hydrogen) atoms. The highest BCUT2D eigenvalue weighted by Gasteiger charge is 2.51. The molecule has 3 aromatic carbocycles. The first-order chi connectivity index (χ1) is 36.9. The number of unbranched alkanes of at least 4 members (excludes halogenated alkanes) is 4. The van der Waals surface area contributed by atoms with Gasteiger partial charge in [-0.2, -0.15) is 10.2 Å². The van der Waals surface area contributed by atoms with Crippen LogP contribution in [0.1, 0.15) is 139 Å². The minimum Gasteiger partial charge on any atom is -0.351 e. The normalized spacial score (nSPS) is 21.7. The predicted octanol–water partition coefficient (Wildman–Crippen LogP) is 10.0. The Hall–Kier alpha value is -7.27. The number of piperidine rings is 1. The molecule has 6 heterocycles. The lowest BCUT2D eigenvalue weighted by Gasteiger charge is -2.56. The largest absolute Gasteiger partial charge is 0.351 e. The van der Waals surface area contributed by atoms with Gasteiger partial charge in [-0.05, 0) is 154 Å². The number of thiazole rings is 1. The van der Waals surface area contributed by atoms with E-state index in [0.29, 0.717) is 54.3 Å². The number of rotatable bonds is 17. The third-order valence-corrected chi connectivity index (χ3v) is 18.2. The van der Waals surface area contributed by atoms with Crippen LogP contribution in [0.4, 0.5) is 16.6 Å². The summed E-state index contributed by atoms with van der Waals surface area (Å²) >= 11 is 1.66. The van der Waals surface area contributed by atoms with Crippen molar-refractivity contribution in [1.29, 1.82) is 0 Å². The summed E-state index contributed by atoms with van der Waals surface area (Å²) in [7, 11) is 1.80. The maximum atomic E-state index is 14.3. The molecule has 4 N–H and O–H groups in total. The van der Waals surface area contributed by atoms with E-state index < -0.39 is 5.92 Å². The molecule has 0 spiro atoms. The molecule has 0 radical (unpaired) electrons. The lowest BCUT2D eigenvalue weighted by Crippen LogP contribution is -2.48. The third kappa shape index (κ3) is 10.0. The summed E-state index contributed by atoms with van der Waals surface area (Å²) < 4.78 is 5.01. The first kappa shape index (κ1) is 49.6. The second kappa shape index (κ2) is 20.7. The van der Waals surface area contributed by atoms with E-state index in [1.54, 1.807) is 29.1 Å². The Labute approximate surface area is 445 Å². The molecule has 16 nitrogen and oxygen atoms in total. The number of pyridine rings is 1. The second-order valence-electron chi connectivity index (χ2n) is 22.4. The highest BCUT2D eigenvalue weighted by Crippen LogP contribution is 2.60. The second-order valence-corrected chi connectivity index (χ2v) is 23.4. The van der Waals surface area contributed by atoms with Crippen molar-refractivity contribution in [2.45, 2.75) is 122 Å². The number of imide groups is 1. The van der Waals surface area contributed by atoms with Gasteiger partial charge in [0.1, 0.15) is 11.5 Å². The number of aromatic nitrogens is 6. The molecular weight excluding hydrogens is 975 g/mol. The molecule has 6 aliphatic rings. The van der Waals surface area contributed by atoms with Crippen molar-refractivity contribution in [2.24, 2.45) is 30.2 Å². The monoisotopic (exact) mass is 1040 g/mol. The molecule has 17 heteroatoms. The number of hydrogen-bond acceptors (Lipinski definition) is 11. The van der Waals surface area contributed by atoms with Crippen molar-refractivity contribution in [3.8, 4) is 11.1 Å². The molecule has 5 amide bonds. The first-order valence-electron chi connectivity index (χ1n) is 27.4. The van der Waals surface area contributed by atoms with Crippen molar-refractivity contribution in [3.05, 3.63) is 113 Å². The van der Waals surface area contributed by atoms with Crippen LogP contribution in [0.25, 0.3) is 32.2 Å². The van der Waals surface area contributed by atoms with Gasteiger partial charge < -0.3 is 20.9 Å². The van der Waals surface area contributed by atoms with Gasteiger partial charge in [-0.3, -0.25) is 38.7 Å². The van der Waals surface area contributed by atoms with Crippen LogP contribution in [0.15, 0.2) is 79.0 Å². The first-order valence-corrected chi connectivity index (χ1v) is 28.2. The van der Waals surface area contributed by atoms with Crippen LogP contribution in [-0.2, 0) is 40.9 Å². The summed E-state index contributed by atoms with van der Waals surface area (Å²) in [5.41, 5.74) is 8.83. The fourth-order valence-electron chi connectivity index (χ4n) is 13.8. The molecule has 13 rings (SSSR count). The van der Waals surface area contributed by atoms with Gasteiger partial charge in [0.05, 0.1) is 33.5 Å². The van der Waals surface area contributed by atoms with Crippen LogP contribution in [-0.4, -0.2) is 72.2 Å². The van der Waals surface area contributed by atoms with Crippen molar-refractivity contribution in [1.82, 2.24) is 40.2 Å². The van der Waals surface area contributed by atoms with E-state index in [2.05, 4.69) is 55.0 Å². The van der Waals surface area contributed by atoms with Crippen molar-refractivity contribution in [3.63, 3.8) is 0 Å². The fourth-order valence-corrected chi connectivity index (χ4v) is 14.7. The van der Waals surface area contributed by atoms with Gasteiger partial charge in [0, 0.05) is 79.5 Å². The number of aryl methyl sites for hydroxylation is 1. The Bertz CT molecular complexity index is 3360. The third-order valence-electron chi connectivity index (χ3n) is 17.1. The van der Waals surface area contributed by atoms with E-state index in [1.807, 2.05) is 60.8 Å². The van der Waals surface area contributed by atoms with Crippen LogP contribution in [0.2, 0.25) is 0 Å². The summed E-state index contributed by atoms with van der Waals surface area (Å²) in [4.78, 5) is 78.0. The van der Waals surface area contributed by atoms with Crippen LogP contribution in [0.3, 0.4) is 0 Å². The molecule has 392 valence electrons. The van der Waals surface area contributed by atoms with Crippen LogP contribution in [0, 0.1) is 30.1 Å². The number of amides is 5. The van der Waals surface area contributed by atoms with E-state index >= 15 is 0 Å². The lowest BCUT2D eigenvalue weighted by molar-refractivity contribution is -0.134. The molecule has 4 aromatic heterocycles. The lowest BCUT2D eigenvalue weighted by atomic mass is 9.49. The van der Waals surface area contributed by atoms with Crippen molar-refractivity contribution in [2.75, 3.05) is 28.6 Å². The Balaban J connectivity index is 0.684. The number of carbonyl (C=O) groups excluding carboxylic acids is 5. The highest BCUT2D eigenvalue weighted by atomic mass is 32.1. The Morgan fingerprint density at radius 2 is 1.62 bits per heavy atom. The summed E-state index contributed by atoms with van der Waals surface area (Å²) in [6, 6.07) is 23.3. The van der Waals surface area contributed by atoms with E-state index in [9.17, 15) is 24.0 Å². The van der Waals surface area contributed by atoms with E-state index in [1.165, 1.54) is 38.5 Å². The molecule has 5 fully saturated rings. The molecule has 2 aliphatic heterocycles. The fraction of sp³-hybridized carbons (Fsp3) is 0.441. The number of hydrogen-bond donors (Lipinski definition) is 4. The standard InChI is InChI=1S/C59H65N11O5S/c1-35-45(32-61-70(35)34-59-29-36-25-37(30-59)27-38(26-36)31-59)41-18-20-50(65-55(73)42-12-10-11-39-22-24-69(33-46(39)42)58-63-47-13-7-8-14-49(47)76-58)64-54(41)57(75)60-23-9-5-3-4-6-15-51(71)62-40-16-17-43-48(28-40)68(2)67-53(43)44-19-21-52(72)66-56(44)74/h7-8,10-14,16-18,20,28,32,36-38,44H,3-6,9,15,19,21-27,29-31,33-34H2,1-2H3,(H,60,75)(H,62,71)(H,64,65,73)(H,66,72,74). The van der Waals surface area contributed by atoms with Gasteiger partial charge in [-0.1, -0.05) is 54.9 Å². The maximum Gasteiger partial charge on any atom is 0.270 e. The van der Waals surface area contributed by atoms with Gasteiger partial charge >= 0.3 is 0 Å². The Morgan fingerprint density at radius 1 is 0.829 bits per heavy atom. The average Bonchev–Trinajstić information content (AvgIpc) is 4.15. The summed E-state index contributed by atoms with van der Waals surface area (Å²) in [6.07, 6.45) is 15.8. The van der Waals surface area contributed by atoms with Crippen molar-refractivity contribution >= 4 is 78.6 Å². The topological polar surface area (TPSA) is 198 Å².